The first-order valence-corrected chi connectivity index (χ1v) is 7.80. The van der Waals surface area contributed by atoms with E-state index in [9.17, 15) is 8.42 Å². The van der Waals surface area contributed by atoms with Crippen LogP contribution in [0.25, 0.3) is 11.1 Å². The lowest BCUT2D eigenvalue weighted by atomic mass is 10.0. The zero-order chi connectivity index (χ0) is 13.3. The van der Waals surface area contributed by atoms with Gasteiger partial charge >= 0.3 is 0 Å². The van der Waals surface area contributed by atoms with Crippen molar-refractivity contribution in [1.82, 2.24) is 0 Å². The predicted octanol–water partition coefficient (Wildman–Crippen LogP) is 3.90. The molecule has 2 nitrogen and oxygen atoms in total. The number of hydrogen-bond donors (Lipinski definition) is 0. The van der Waals surface area contributed by atoms with Gasteiger partial charge in [-0.2, -0.15) is 0 Å². The highest BCUT2D eigenvalue weighted by Gasteiger charge is 2.10. The summed E-state index contributed by atoms with van der Waals surface area (Å²) in [6, 6.07) is 12.8. The minimum absolute atomic E-state index is 0.126. The Morgan fingerprint density at radius 1 is 0.889 bits per heavy atom. The fourth-order valence-corrected chi connectivity index (χ4v) is 2.77. The topological polar surface area (TPSA) is 34.1 Å². The quantitative estimate of drug-likeness (QED) is 0.782. The van der Waals surface area contributed by atoms with Gasteiger partial charge in [-0.05, 0) is 37.1 Å². The minimum atomic E-state index is -3.68. The summed E-state index contributed by atoms with van der Waals surface area (Å²) in [5.74, 6) is 0. The van der Waals surface area contributed by atoms with E-state index in [1.54, 1.807) is 12.1 Å². The Kier molecular flexibility index (Phi) is 3.46. The molecule has 0 atom stereocenters. The number of benzene rings is 2. The molecule has 0 N–H and O–H groups in total. The zero-order valence-corrected chi connectivity index (χ0v) is 11.7. The van der Waals surface area contributed by atoms with E-state index >= 15 is 0 Å². The summed E-state index contributed by atoms with van der Waals surface area (Å²) >= 11 is 0. The lowest BCUT2D eigenvalue weighted by Gasteiger charge is -2.06. The molecule has 0 aliphatic rings. The summed E-state index contributed by atoms with van der Waals surface area (Å²) in [6.45, 7) is 4.03. The average molecular weight is 281 g/mol. The Balaban J connectivity index is 2.58. The molecule has 94 valence electrons. The molecular formula is C14H13ClO2S. The third-order valence-electron chi connectivity index (χ3n) is 2.67. The van der Waals surface area contributed by atoms with Gasteiger partial charge in [-0.1, -0.05) is 41.5 Å². The molecule has 2 rings (SSSR count). The highest BCUT2D eigenvalue weighted by Crippen LogP contribution is 2.25. The Morgan fingerprint density at radius 3 is 2.06 bits per heavy atom. The van der Waals surface area contributed by atoms with Gasteiger partial charge in [-0.15, -0.1) is 0 Å². The summed E-state index contributed by atoms with van der Waals surface area (Å²) in [5.41, 5.74) is 4.13. The molecule has 0 heterocycles. The van der Waals surface area contributed by atoms with E-state index in [1.807, 2.05) is 32.0 Å². The van der Waals surface area contributed by atoms with Crippen molar-refractivity contribution in [2.75, 3.05) is 0 Å². The van der Waals surface area contributed by atoms with Gasteiger partial charge in [0.2, 0.25) is 0 Å². The Morgan fingerprint density at radius 2 is 1.50 bits per heavy atom. The Labute approximate surface area is 112 Å². The first-order chi connectivity index (χ1) is 8.36. The monoisotopic (exact) mass is 280 g/mol. The molecule has 0 aromatic heterocycles. The van der Waals surface area contributed by atoms with Crippen LogP contribution in [0.1, 0.15) is 11.1 Å². The molecule has 0 aliphatic carbocycles. The van der Waals surface area contributed by atoms with Crippen molar-refractivity contribution in [2.24, 2.45) is 0 Å². The van der Waals surface area contributed by atoms with Gasteiger partial charge in [0, 0.05) is 10.7 Å². The van der Waals surface area contributed by atoms with Gasteiger partial charge in [0.15, 0.2) is 0 Å². The second kappa shape index (κ2) is 4.75. The van der Waals surface area contributed by atoms with Crippen molar-refractivity contribution in [3.63, 3.8) is 0 Å². The van der Waals surface area contributed by atoms with Crippen LogP contribution >= 0.6 is 10.7 Å². The molecule has 4 heteroatoms. The largest absolute Gasteiger partial charge is 0.261 e. The summed E-state index contributed by atoms with van der Waals surface area (Å²) in [7, 11) is 1.67. The van der Waals surface area contributed by atoms with Gasteiger partial charge in [-0.25, -0.2) is 8.42 Å². The van der Waals surface area contributed by atoms with Crippen LogP contribution in [0.15, 0.2) is 47.4 Å². The van der Waals surface area contributed by atoms with Crippen molar-refractivity contribution >= 4 is 19.7 Å². The van der Waals surface area contributed by atoms with Crippen LogP contribution in [-0.2, 0) is 9.05 Å². The molecule has 0 amide bonds. The van der Waals surface area contributed by atoms with Crippen LogP contribution in [-0.4, -0.2) is 8.42 Å². The summed E-state index contributed by atoms with van der Waals surface area (Å²) in [5, 5.41) is 0. The molecule has 0 unspecified atom stereocenters. The van der Waals surface area contributed by atoms with E-state index in [2.05, 4.69) is 6.07 Å². The number of hydrogen-bond acceptors (Lipinski definition) is 2. The number of rotatable bonds is 2. The smallest absolute Gasteiger partial charge is 0.207 e. The molecule has 0 radical (unpaired) electrons. The van der Waals surface area contributed by atoms with Gasteiger partial charge in [0.1, 0.15) is 0 Å². The van der Waals surface area contributed by atoms with Gasteiger partial charge < -0.3 is 0 Å². The third kappa shape index (κ3) is 2.92. The van der Waals surface area contributed by atoms with E-state index in [0.29, 0.717) is 0 Å². The van der Waals surface area contributed by atoms with E-state index < -0.39 is 9.05 Å². The maximum absolute atomic E-state index is 11.3. The fraction of sp³-hybridized carbons (Fsp3) is 0.143. The van der Waals surface area contributed by atoms with Crippen molar-refractivity contribution in [3.8, 4) is 11.1 Å². The first kappa shape index (κ1) is 13.1. The Hall–Kier alpha value is -1.32. The minimum Gasteiger partial charge on any atom is -0.207 e. The van der Waals surface area contributed by atoms with Gasteiger partial charge in [-0.3, -0.25) is 0 Å². The molecule has 0 saturated heterocycles. The molecule has 2 aromatic rings. The third-order valence-corrected chi connectivity index (χ3v) is 4.02. The highest BCUT2D eigenvalue weighted by molar-refractivity contribution is 8.13. The Bertz CT molecular complexity index is 670. The zero-order valence-electron chi connectivity index (χ0n) is 10.1. The van der Waals surface area contributed by atoms with E-state index in [-0.39, 0.29) is 4.90 Å². The maximum atomic E-state index is 11.3. The molecule has 18 heavy (non-hydrogen) atoms. The molecular weight excluding hydrogens is 268 g/mol. The van der Waals surface area contributed by atoms with Gasteiger partial charge in [0.25, 0.3) is 9.05 Å². The van der Waals surface area contributed by atoms with Crippen LogP contribution in [0.3, 0.4) is 0 Å². The van der Waals surface area contributed by atoms with Crippen LogP contribution in [0, 0.1) is 13.8 Å². The van der Waals surface area contributed by atoms with Gasteiger partial charge in [0.05, 0.1) is 4.90 Å². The number of aryl methyl sites for hydroxylation is 2. The van der Waals surface area contributed by atoms with Crippen molar-refractivity contribution in [1.29, 1.82) is 0 Å². The second-order valence-electron chi connectivity index (χ2n) is 4.34. The standard InChI is InChI=1S/C14H13ClO2S/c1-10-6-11(2)8-13(7-10)12-4-3-5-14(9-12)18(15,16)17/h3-9H,1-2H3. The summed E-state index contributed by atoms with van der Waals surface area (Å²) in [4.78, 5) is 0.126. The van der Waals surface area contributed by atoms with E-state index in [1.165, 1.54) is 6.07 Å². The SMILES string of the molecule is Cc1cc(C)cc(-c2cccc(S(=O)(=O)Cl)c2)c1. The molecule has 0 bridgehead atoms. The lowest BCUT2D eigenvalue weighted by molar-refractivity contribution is 0.609. The van der Waals surface area contributed by atoms with Crippen LogP contribution in [0.4, 0.5) is 0 Å². The normalized spacial score (nSPS) is 11.5. The predicted molar refractivity (Wildman–Crippen MR) is 74.4 cm³/mol. The van der Waals surface area contributed by atoms with Crippen molar-refractivity contribution < 1.29 is 8.42 Å². The van der Waals surface area contributed by atoms with Crippen LogP contribution in [0.2, 0.25) is 0 Å². The molecule has 0 aliphatic heterocycles. The van der Waals surface area contributed by atoms with Crippen molar-refractivity contribution in [2.45, 2.75) is 18.7 Å². The summed E-state index contributed by atoms with van der Waals surface area (Å²) < 4.78 is 22.6. The maximum Gasteiger partial charge on any atom is 0.261 e. The van der Waals surface area contributed by atoms with E-state index in [4.69, 9.17) is 10.7 Å². The molecule has 0 spiro atoms. The van der Waals surface area contributed by atoms with Crippen molar-refractivity contribution in [3.05, 3.63) is 53.6 Å². The van der Waals surface area contributed by atoms with E-state index in [0.717, 1.165) is 22.3 Å². The number of halogens is 1. The fourth-order valence-electron chi connectivity index (χ4n) is 1.97. The molecule has 2 aromatic carbocycles. The van der Waals surface area contributed by atoms with Crippen LogP contribution < -0.4 is 0 Å². The lowest BCUT2D eigenvalue weighted by Crippen LogP contribution is -1.91. The summed E-state index contributed by atoms with van der Waals surface area (Å²) in [6.07, 6.45) is 0. The first-order valence-electron chi connectivity index (χ1n) is 5.50. The second-order valence-corrected chi connectivity index (χ2v) is 6.91. The van der Waals surface area contributed by atoms with Crippen LogP contribution in [0.5, 0.6) is 0 Å². The highest BCUT2D eigenvalue weighted by atomic mass is 35.7. The molecule has 0 fully saturated rings. The molecule has 0 saturated carbocycles. The average Bonchev–Trinajstić information content (AvgIpc) is 2.27.